The molecule has 0 spiro atoms. The van der Waals surface area contributed by atoms with Gasteiger partial charge in [0.25, 0.3) is 0 Å². The molecule has 22 heavy (non-hydrogen) atoms. The van der Waals surface area contributed by atoms with Crippen LogP contribution in [-0.4, -0.2) is 16.6 Å². The third-order valence-corrected chi connectivity index (χ3v) is 5.16. The predicted octanol–water partition coefficient (Wildman–Crippen LogP) is 4.79. The lowest BCUT2D eigenvalue weighted by Gasteiger charge is -2.18. The van der Waals surface area contributed by atoms with Crippen LogP contribution >= 0.6 is 11.6 Å². The van der Waals surface area contributed by atoms with Crippen molar-refractivity contribution in [3.05, 3.63) is 70.2 Å². The van der Waals surface area contributed by atoms with E-state index in [9.17, 15) is 9.35 Å². The number of hydrogen-bond acceptors (Lipinski definition) is 2. The van der Waals surface area contributed by atoms with Crippen LogP contribution in [0.5, 0.6) is 0 Å². The van der Waals surface area contributed by atoms with Crippen LogP contribution in [-0.2, 0) is 11.2 Å². The monoisotopic (exact) mass is 334 g/mol. The zero-order chi connectivity index (χ0) is 16.1. The van der Waals surface area contributed by atoms with Gasteiger partial charge in [-0.15, -0.1) is 0 Å². The highest BCUT2D eigenvalue weighted by Crippen LogP contribution is 2.27. The number of carbonyl (C=O) groups excluding carboxylic acids is 1. The van der Waals surface area contributed by atoms with E-state index >= 15 is 0 Å². The summed E-state index contributed by atoms with van der Waals surface area (Å²) in [5, 5.41) is 0.643. The Morgan fingerprint density at radius 3 is 2.05 bits per heavy atom. The highest BCUT2D eigenvalue weighted by atomic mass is 35.5. The normalized spacial score (nSPS) is 13.6. The average molecular weight is 335 g/mol. The molecule has 0 radical (unpaired) electrons. The maximum absolute atomic E-state index is 12.4. The first-order valence-corrected chi connectivity index (χ1v) is 9.25. The fourth-order valence-corrected chi connectivity index (χ4v) is 3.64. The lowest BCUT2D eigenvalue weighted by molar-refractivity contribution is 0.103. The minimum absolute atomic E-state index is 0.0321. The Balaban J connectivity index is 2.20. The van der Waals surface area contributed by atoms with Crippen molar-refractivity contribution in [1.29, 1.82) is 0 Å². The first-order valence-electron chi connectivity index (χ1n) is 7.25. The van der Waals surface area contributed by atoms with Crippen LogP contribution in [0.3, 0.4) is 0 Å². The van der Waals surface area contributed by atoms with Crippen LogP contribution in [0.2, 0.25) is 5.02 Å². The topological polar surface area (TPSA) is 40.1 Å². The Kier molecular flexibility index (Phi) is 6.07. The second-order valence-corrected chi connectivity index (χ2v) is 7.24. The summed E-state index contributed by atoms with van der Waals surface area (Å²) in [4.78, 5) is 12.4. The van der Waals surface area contributed by atoms with Gasteiger partial charge in [-0.1, -0.05) is 49.2 Å². The lowest BCUT2D eigenvalue weighted by Crippen LogP contribution is -2.11. The Bertz CT molecular complexity index is 621. The smallest absolute Gasteiger partial charge is 0.193 e. The van der Waals surface area contributed by atoms with Gasteiger partial charge in [0, 0.05) is 21.7 Å². The van der Waals surface area contributed by atoms with Gasteiger partial charge < -0.3 is 4.55 Å². The molecule has 0 bridgehead atoms. The molecule has 0 heterocycles. The van der Waals surface area contributed by atoms with Gasteiger partial charge >= 0.3 is 0 Å². The molecule has 0 aliphatic heterocycles. The van der Waals surface area contributed by atoms with Crippen molar-refractivity contribution in [3.63, 3.8) is 0 Å². The first-order chi connectivity index (χ1) is 10.5. The van der Waals surface area contributed by atoms with Crippen LogP contribution in [0.1, 0.15) is 46.5 Å². The molecule has 4 heteroatoms. The molecule has 2 rings (SSSR count). The molecular weight excluding hydrogens is 316 g/mol. The fraction of sp³-hybridized carbons (Fsp3) is 0.278. The van der Waals surface area contributed by atoms with Crippen LogP contribution in [0.15, 0.2) is 48.5 Å². The maximum Gasteiger partial charge on any atom is 0.193 e. The van der Waals surface area contributed by atoms with Gasteiger partial charge in [0.1, 0.15) is 5.25 Å². The van der Waals surface area contributed by atoms with Crippen LogP contribution in [0.4, 0.5) is 0 Å². The van der Waals surface area contributed by atoms with Crippen LogP contribution in [0.25, 0.3) is 0 Å². The Morgan fingerprint density at radius 2 is 1.59 bits per heavy atom. The van der Waals surface area contributed by atoms with Gasteiger partial charge in [-0.05, 0) is 41.9 Å². The SMILES string of the molecule is CCCC(c1ccc(C(=O)c2ccc(Cl)cc2)cc1)[S+](C)[O-]. The van der Waals surface area contributed by atoms with Gasteiger partial charge in [-0.25, -0.2) is 0 Å². The number of carbonyl (C=O) groups is 1. The van der Waals surface area contributed by atoms with E-state index < -0.39 is 11.2 Å². The molecule has 0 saturated carbocycles. The Hall–Kier alpha value is -1.29. The van der Waals surface area contributed by atoms with Crippen LogP contribution in [0, 0.1) is 0 Å². The minimum atomic E-state index is -0.910. The Labute approximate surface area is 139 Å². The van der Waals surface area contributed by atoms with Gasteiger partial charge in [-0.2, -0.15) is 0 Å². The van der Waals surface area contributed by atoms with E-state index in [0.29, 0.717) is 16.1 Å². The van der Waals surface area contributed by atoms with Crippen molar-refractivity contribution < 1.29 is 9.35 Å². The van der Waals surface area contributed by atoms with E-state index in [1.807, 2.05) is 24.3 Å². The average Bonchev–Trinajstić information content (AvgIpc) is 2.52. The molecule has 2 unspecified atom stereocenters. The van der Waals surface area contributed by atoms with Gasteiger partial charge in [0.15, 0.2) is 5.78 Å². The summed E-state index contributed by atoms with van der Waals surface area (Å²) in [6.45, 7) is 2.08. The maximum atomic E-state index is 12.4. The highest BCUT2D eigenvalue weighted by Gasteiger charge is 2.20. The van der Waals surface area contributed by atoms with Crippen molar-refractivity contribution in [3.8, 4) is 0 Å². The molecule has 0 saturated heterocycles. The molecule has 0 N–H and O–H groups in total. The highest BCUT2D eigenvalue weighted by molar-refractivity contribution is 7.90. The largest absolute Gasteiger partial charge is 0.616 e. The summed E-state index contributed by atoms with van der Waals surface area (Å²) in [5.74, 6) is -0.0344. The number of ketones is 1. The summed E-state index contributed by atoms with van der Waals surface area (Å²) in [6, 6.07) is 14.3. The van der Waals surface area contributed by atoms with E-state index in [2.05, 4.69) is 6.92 Å². The minimum Gasteiger partial charge on any atom is -0.616 e. The Morgan fingerprint density at radius 1 is 1.09 bits per heavy atom. The molecule has 2 atom stereocenters. The van der Waals surface area contributed by atoms with Gasteiger partial charge in [0.2, 0.25) is 0 Å². The quantitative estimate of drug-likeness (QED) is 0.563. The van der Waals surface area contributed by atoms with E-state index in [-0.39, 0.29) is 11.0 Å². The van der Waals surface area contributed by atoms with Gasteiger partial charge in [0.05, 0.1) is 6.26 Å². The molecule has 0 fully saturated rings. The van der Waals surface area contributed by atoms with Crippen molar-refractivity contribution >= 4 is 28.6 Å². The summed E-state index contributed by atoms with van der Waals surface area (Å²) in [7, 11) is 0. The standard InChI is InChI=1S/C18H19ClO2S/c1-3-4-17(22(2)21)13-5-7-14(8-6-13)18(20)15-9-11-16(19)12-10-15/h5-12,17H,3-4H2,1-2H3. The number of rotatable bonds is 6. The fourth-order valence-electron chi connectivity index (χ4n) is 2.40. The summed E-state index contributed by atoms with van der Waals surface area (Å²) in [6.07, 6.45) is 3.59. The zero-order valence-electron chi connectivity index (χ0n) is 12.7. The molecule has 2 aromatic rings. The molecule has 116 valence electrons. The molecule has 2 aromatic carbocycles. The van der Waals surface area contributed by atoms with Crippen molar-refractivity contribution in [1.82, 2.24) is 0 Å². The lowest BCUT2D eigenvalue weighted by atomic mass is 10.0. The molecule has 0 aliphatic carbocycles. The third kappa shape index (κ3) is 4.13. The number of halogens is 1. The van der Waals surface area contributed by atoms with Crippen molar-refractivity contribution in [2.45, 2.75) is 25.0 Å². The molecule has 0 amide bonds. The summed E-state index contributed by atoms with van der Waals surface area (Å²) >= 11 is 4.93. The number of hydrogen-bond donors (Lipinski definition) is 0. The van der Waals surface area contributed by atoms with Crippen molar-refractivity contribution in [2.75, 3.05) is 6.26 Å². The number of benzene rings is 2. The van der Waals surface area contributed by atoms with Crippen LogP contribution < -0.4 is 0 Å². The summed E-state index contributed by atoms with van der Waals surface area (Å²) in [5.41, 5.74) is 2.26. The summed E-state index contributed by atoms with van der Waals surface area (Å²) < 4.78 is 11.8. The van der Waals surface area contributed by atoms with E-state index in [4.69, 9.17) is 11.6 Å². The van der Waals surface area contributed by atoms with E-state index in [1.165, 1.54) is 0 Å². The molecule has 2 nitrogen and oxygen atoms in total. The van der Waals surface area contributed by atoms with E-state index in [0.717, 1.165) is 18.4 Å². The predicted molar refractivity (Wildman–Crippen MR) is 93.0 cm³/mol. The molecule has 0 aromatic heterocycles. The zero-order valence-corrected chi connectivity index (χ0v) is 14.3. The first kappa shape index (κ1) is 17.1. The van der Waals surface area contributed by atoms with E-state index in [1.54, 1.807) is 30.5 Å². The third-order valence-electron chi connectivity index (χ3n) is 3.60. The second kappa shape index (κ2) is 7.82. The molecule has 0 aliphatic rings. The second-order valence-electron chi connectivity index (χ2n) is 5.23. The van der Waals surface area contributed by atoms with Crippen molar-refractivity contribution in [2.24, 2.45) is 0 Å². The molecular formula is C18H19ClO2S. The van der Waals surface area contributed by atoms with Gasteiger partial charge in [-0.3, -0.25) is 4.79 Å².